The molecule has 3 rings (SSSR count). The largest absolute Gasteiger partial charge is 0.322 e. The summed E-state index contributed by atoms with van der Waals surface area (Å²) < 4.78 is 40.6. The van der Waals surface area contributed by atoms with Crippen molar-refractivity contribution in [1.82, 2.24) is 9.88 Å². The van der Waals surface area contributed by atoms with Crippen LogP contribution in [0.15, 0.2) is 66.9 Å². The van der Waals surface area contributed by atoms with Gasteiger partial charge in [-0.25, -0.2) is 18.0 Å². The molecule has 0 aliphatic carbocycles. The Bertz CT molecular complexity index is 950. The van der Waals surface area contributed by atoms with Gasteiger partial charge in [0.2, 0.25) is 0 Å². The van der Waals surface area contributed by atoms with E-state index in [2.05, 4.69) is 10.3 Å². The Morgan fingerprint density at radius 3 is 2.44 bits per heavy atom. The highest BCUT2D eigenvalue weighted by atomic mass is 19.1. The summed E-state index contributed by atoms with van der Waals surface area (Å²) in [5, 5.41) is 2.40. The second kappa shape index (κ2) is 7.90. The summed E-state index contributed by atoms with van der Waals surface area (Å²) in [7, 11) is 1.49. The van der Waals surface area contributed by atoms with Crippen LogP contribution in [0.5, 0.6) is 0 Å². The van der Waals surface area contributed by atoms with Gasteiger partial charge < -0.3 is 10.2 Å². The number of carbonyl (C=O) groups excluding carboxylic acids is 1. The minimum absolute atomic E-state index is 0.160. The number of rotatable bonds is 4. The number of nitrogens with zero attached hydrogens (tertiary/aromatic N) is 2. The normalized spacial score (nSPS) is 11.7. The molecule has 1 N–H and O–H groups in total. The first kappa shape index (κ1) is 18.4. The lowest BCUT2D eigenvalue weighted by atomic mass is 10.0. The highest BCUT2D eigenvalue weighted by Crippen LogP contribution is 2.27. The highest BCUT2D eigenvalue weighted by Gasteiger charge is 2.25. The van der Waals surface area contributed by atoms with Crippen LogP contribution in [0.4, 0.5) is 23.7 Å². The highest BCUT2D eigenvalue weighted by molar-refractivity contribution is 5.89. The lowest BCUT2D eigenvalue weighted by Crippen LogP contribution is -2.36. The van der Waals surface area contributed by atoms with Gasteiger partial charge in [-0.3, -0.25) is 4.98 Å². The number of nitrogens with one attached hydrogen (secondary N) is 1. The Morgan fingerprint density at radius 2 is 1.78 bits per heavy atom. The summed E-state index contributed by atoms with van der Waals surface area (Å²) in [4.78, 5) is 18.2. The standard InChI is InChI=1S/C20H16F3N3O/c1-26(20(27)25-17-9-8-15(22)12-16(17)23)19(18-7-2-3-10-24-18)13-5-4-6-14(21)11-13/h2-12,19H,1H3,(H,25,27)/t19-/m0/s1. The third-order valence-electron chi connectivity index (χ3n) is 4.01. The van der Waals surface area contributed by atoms with Gasteiger partial charge in [-0.1, -0.05) is 18.2 Å². The molecule has 0 bridgehead atoms. The molecule has 2 amide bonds. The van der Waals surface area contributed by atoms with Crippen molar-refractivity contribution in [3.05, 3.63) is 95.6 Å². The predicted molar refractivity (Wildman–Crippen MR) is 95.6 cm³/mol. The monoisotopic (exact) mass is 371 g/mol. The summed E-state index contributed by atoms with van der Waals surface area (Å²) in [5.41, 5.74) is 0.860. The zero-order valence-corrected chi connectivity index (χ0v) is 14.4. The van der Waals surface area contributed by atoms with E-state index in [1.165, 1.54) is 30.1 Å². The van der Waals surface area contributed by atoms with E-state index in [-0.39, 0.29) is 5.69 Å². The van der Waals surface area contributed by atoms with Gasteiger partial charge >= 0.3 is 6.03 Å². The second-order valence-electron chi connectivity index (χ2n) is 5.88. The molecule has 0 spiro atoms. The molecule has 0 aliphatic rings. The van der Waals surface area contributed by atoms with Crippen molar-refractivity contribution in [2.24, 2.45) is 0 Å². The molecule has 2 aromatic carbocycles. The minimum atomic E-state index is -0.892. The number of hydrogen-bond donors (Lipinski definition) is 1. The van der Waals surface area contributed by atoms with Crippen molar-refractivity contribution < 1.29 is 18.0 Å². The maximum absolute atomic E-state index is 13.8. The maximum Gasteiger partial charge on any atom is 0.322 e. The maximum atomic E-state index is 13.8. The van der Waals surface area contributed by atoms with Crippen molar-refractivity contribution in [3.8, 4) is 0 Å². The van der Waals surface area contributed by atoms with Gasteiger partial charge in [-0.15, -0.1) is 0 Å². The number of amides is 2. The number of benzene rings is 2. The number of hydrogen-bond acceptors (Lipinski definition) is 2. The number of pyridine rings is 1. The van der Waals surface area contributed by atoms with Crippen molar-refractivity contribution in [1.29, 1.82) is 0 Å². The Hall–Kier alpha value is -3.35. The van der Waals surface area contributed by atoms with E-state index in [4.69, 9.17) is 0 Å². The number of urea groups is 1. The Balaban J connectivity index is 1.93. The molecule has 1 atom stereocenters. The molecule has 1 heterocycles. The van der Waals surface area contributed by atoms with Gasteiger partial charge in [-0.2, -0.15) is 0 Å². The predicted octanol–water partition coefficient (Wildman–Crippen LogP) is 4.75. The summed E-state index contributed by atoms with van der Waals surface area (Å²) in [6, 6.07) is 12.5. The summed E-state index contributed by atoms with van der Waals surface area (Å²) >= 11 is 0. The van der Waals surface area contributed by atoms with Crippen molar-refractivity contribution in [2.75, 3.05) is 12.4 Å². The molecule has 0 aliphatic heterocycles. The van der Waals surface area contributed by atoms with Gasteiger partial charge in [0, 0.05) is 19.3 Å². The lowest BCUT2D eigenvalue weighted by Gasteiger charge is -2.28. The molecule has 0 saturated carbocycles. The van der Waals surface area contributed by atoms with Gasteiger partial charge in [0.05, 0.1) is 11.4 Å². The Morgan fingerprint density at radius 1 is 1.00 bits per heavy atom. The second-order valence-corrected chi connectivity index (χ2v) is 5.88. The number of carbonyl (C=O) groups is 1. The van der Waals surface area contributed by atoms with Crippen LogP contribution < -0.4 is 5.32 Å². The zero-order valence-electron chi connectivity index (χ0n) is 14.4. The van der Waals surface area contributed by atoms with Crippen LogP contribution in [0.3, 0.4) is 0 Å². The fourth-order valence-corrected chi connectivity index (χ4v) is 2.72. The van der Waals surface area contributed by atoms with Crippen molar-refractivity contribution >= 4 is 11.7 Å². The van der Waals surface area contributed by atoms with E-state index in [1.54, 1.807) is 30.5 Å². The topological polar surface area (TPSA) is 45.2 Å². The molecule has 0 unspecified atom stereocenters. The first-order valence-electron chi connectivity index (χ1n) is 8.11. The molecular weight excluding hydrogens is 355 g/mol. The van der Waals surface area contributed by atoms with Gasteiger partial charge in [0.25, 0.3) is 0 Å². The van der Waals surface area contributed by atoms with Crippen LogP contribution in [-0.4, -0.2) is 23.0 Å². The molecule has 0 fully saturated rings. The molecule has 3 aromatic rings. The third-order valence-corrected chi connectivity index (χ3v) is 4.01. The summed E-state index contributed by atoms with van der Waals surface area (Å²) in [6.07, 6.45) is 1.56. The van der Waals surface area contributed by atoms with Gasteiger partial charge in [0.1, 0.15) is 23.5 Å². The van der Waals surface area contributed by atoms with Crippen LogP contribution in [-0.2, 0) is 0 Å². The average Bonchev–Trinajstić information content (AvgIpc) is 2.65. The molecular formula is C20H16F3N3O. The summed E-state index contributed by atoms with van der Waals surface area (Å²) in [5.74, 6) is -2.09. The molecule has 0 saturated heterocycles. The van der Waals surface area contributed by atoms with E-state index in [1.807, 2.05) is 0 Å². The van der Waals surface area contributed by atoms with Crippen LogP contribution in [0.2, 0.25) is 0 Å². The average molecular weight is 371 g/mol. The van der Waals surface area contributed by atoms with Crippen LogP contribution in [0, 0.1) is 17.5 Å². The van der Waals surface area contributed by atoms with Crippen molar-refractivity contribution in [2.45, 2.75) is 6.04 Å². The quantitative estimate of drug-likeness (QED) is 0.719. The van der Waals surface area contributed by atoms with Crippen LogP contribution in [0.25, 0.3) is 0 Å². The molecule has 0 radical (unpaired) electrons. The van der Waals surface area contributed by atoms with E-state index >= 15 is 0 Å². The first-order chi connectivity index (χ1) is 13.0. The molecule has 27 heavy (non-hydrogen) atoms. The molecule has 138 valence electrons. The van der Waals surface area contributed by atoms with E-state index in [0.717, 1.165) is 12.1 Å². The van der Waals surface area contributed by atoms with E-state index in [9.17, 15) is 18.0 Å². The Labute approximate surface area is 154 Å². The number of aromatic nitrogens is 1. The van der Waals surface area contributed by atoms with Crippen molar-refractivity contribution in [3.63, 3.8) is 0 Å². The molecule has 4 nitrogen and oxygen atoms in total. The number of halogens is 3. The van der Waals surface area contributed by atoms with Crippen LogP contribution >= 0.6 is 0 Å². The SMILES string of the molecule is CN(C(=O)Nc1ccc(F)cc1F)[C@@H](c1cccc(F)c1)c1ccccn1. The Kier molecular flexibility index (Phi) is 5.40. The summed E-state index contributed by atoms with van der Waals surface area (Å²) in [6.45, 7) is 0. The fraction of sp³-hybridized carbons (Fsp3) is 0.100. The fourth-order valence-electron chi connectivity index (χ4n) is 2.72. The first-order valence-corrected chi connectivity index (χ1v) is 8.11. The smallest absolute Gasteiger partial charge is 0.315 e. The van der Waals surface area contributed by atoms with Crippen LogP contribution in [0.1, 0.15) is 17.3 Å². The molecule has 7 heteroatoms. The van der Waals surface area contributed by atoms with Gasteiger partial charge in [-0.05, 0) is 42.0 Å². The van der Waals surface area contributed by atoms with E-state index in [0.29, 0.717) is 17.3 Å². The van der Waals surface area contributed by atoms with Gasteiger partial charge in [0.15, 0.2) is 0 Å². The third kappa shape index (κ3) is 4.25. The number of anilines is 1. The lowest BCUT2D eigenvalue weighted by molar-refractivity contribution is 0.211. The zero-order chi connectivity index (χ0) is 19.4. The van der Waals surface area contributed by atoms with E-state index < -0.39 is 29.5 Å². The minimum Gasteiger partial charge on any atom is -0.315 e. The molecule has 1 aromatic heterocycles.